The molecule has 0 aromatic rings. The monoisotopic (exact) mass is 146 g/mol. The van der Waals surface area contributed by atoms with E-state index in [1.807, 2.05) is 0 Å². The van der Waals surface area contributed by atoms with Crippen molar-refractivity contribution >= 4 is 17.3 Å². The summed E-state index contributed by atoms with van der Waals surface area (Å²) in [6.07, 6.45) is 1.65. The maximum Gasteiger partial charge on any atom is 0.136 e. The van der Waals surface area contributed by atoms with Gasteiger partial charge in [0, 0.05) is 5.54 Å². The second-order valence-electron chi connectivity index (χ2n) is 1.48. The molecule has 51 valence electrons. The first-order valence-corrected chi connectivity index (χ1v) is 2.94. The van der Waals surface area contributed by atoms with E-state index in [1.165, 1.54) is 5.54 Å². The first kappa shape index (κ1) is 8.50. The molecule has 0 unspecified atom stereocenters. The van der Waals surface area contributed by atoms with E-state index in [9.17, 15) is 0 Å². The predicted octanol–water partition coefficient (Wildman–Crippen LogP) is 1.97. The van der Waals surface area contributed by atoms with Crippen LogP contribution in [0.1, 0.15) is 6.92 Å². The van der Waals surface area contributed by atoms with E-state index in [4.69, 9.17) is 11.6 Å². The third-order valence-electron chi connectivity index (χ3n) is 0.480. The molecule has 0 saturated heterocycles. The van der Waals surface area contributed by atoms with E-state index in [-0.39, 0.29) is 0 Å². The van der Waals surface area contributed by atoms with E-state index in [2.05, 4.69) is 16.9 Å². The number of nitrogens with zero attached hydrogens (tertiary/aromatic N) is 1. The molecule has 1 radical (unpaired) electrons. The molecule has 0 aliphatic carbocycles. The van der Waals surface area contributed by atoms with Gasteiger partial charge < -0.3 is 4.84 Å². The quantitative estimate of drug-likeness (QED) is 0.339. The van der Waals surface area contributed by atoms with Crippen LogP contribution in [0, 0.1) is 6.92 Å². The molecular weight excluding hydrogens is 138 g/mol. The fraction of sp³-hybridized carbons (Fsp3) is 0.333. The molecule has 0 rings (SSSR count). The fourth-order valence-corrected chi connectivity index (χ4v) is 0.300. The lowest BCUT2D eigenvalue weighted by atomic mass is 10.5. The third-order valence-corrected chi connectivity index (χ3v) is 0.658. The summed E-state index contributed by atoms with van der Waals surface area (Å²) < 4.78 is 0. The zero-order chi connectivity index (χ0) is 7.11. The Kier molecular flexibility index (Phi) is 5.32. The summed E-state index contributed by atoms with van der Waals surface area (Å²) in [7, 11) is 0. The Hall–Kier alpha value is -0.500. The van der Waals surface area contributed by atoms with Gasteiger partial charge in [-0.1, -0.05) is 16.8 Å². The summed E-state index contributed by atoms with van der Waals surface area (Å²) in [6.45, 7) is 5.66. The number of hydrogen-bond acceptors (Lipinski definition) is 2. The summed E-state index contributed by atoms with van der Waals surface area (Å²) in [5.41, 5.74) is 2.03. The van der Waals surface area contributed by atoms with Crippen molar-refractivity contribution in [3.8, 4) is 0 Å². The predicted molar refractivity (Wildman–Crippen MR) is 39.4 cm³/mol. The molecule has 0 spiro atoms. The van der Waals surface area contributed by atoms with E-state index in [0.29, 0.717) is 12.3 Å². The molecule has 0 heterocycles. The highest BCUT2D eigenvalue weighted by Crippen LogP contribution is 1.82. The minimum absolute atomic E-state index is 0.399. The van der Waals surface area contributed by atoms with Crippen molar-refractivity contribution in [3.63, 3.8) is 0 Å². The van der Waals surface area contributed by atoms with Crippen molar-refractivity contribution < 1.29 is 4.84 Å². The SMILES string of the molecule is [CH2]C(C)=NOC/C=C/Cl. The first-order chi connectivity index (χ1) is 4.27. The normalized spacial score (nSPS) is 12.6. The van der Waals surface area contributed by atoms with Crippen LogP contribution in [0.15, 0.2) is 16.8 Å². The lowest BCUT2D eigenvalue weighted by Gasteiger charge is -1.91. The molecule has 0 amide bonds. The van der Waals surface area contributed by atoms with E-state index < -0.39 is 0 Å². The maximum absolute atomic E-state index is 5.19. The van der Waals surface area contributed by atoms with E-state index in [1.54, 1.807) is 13.0 Å². The molecular formula is C6H9ClNO. The van der Waals surface area contributed by atoms with Crippen molar-refractivity contribution in [1.29, 1.82) is 0 Å². The first-order valence-electron chi connectivity index (χ1n) is 2.51. The van der Waals surface area contributed by atoms with Crippen LogP contribution in [-0.2, 0) is 4.84 Å². The third kappa shape index (κ3) is 7.50. The smallest absolute Gasteiger partial charge is 0.136 e. The van der Waals surface area contributed by atoms with Crippen molar-refractivity contribution in [2.24, 2.45) is 5.16 Å². The Labute approximate surface area is 60.1 Å². The Morgan fingerprint density at radius 2 is 2.56 bits per heavy atom. The highest BCUT2D eigenvalue weighted by Gasteiger charge is 1.76. The van der Waals surface area contributed by atoms with Crippen LogP contribution in [0.25, 0.3) is 0 Å². The van der Waals surface area contributed by atoms with Gasteiger partial charge in [-0.25, -0.2) is 0 Å². The average molecular weight is 147 g/mol. The average Bonchev–Trinajstić information content (AvgIpc) is 1.80. The zero-order valence-corrected chi connectivity index (χ0v) is 6.06. The topological polar surface area (TPSA) is 21.6 Å². The summed E-state index contributed by atoms with van der Waals surface area (Å²) >= 11 is 5.19. The van der Waals surface area contributed by atoms with Crippen molar-refractivity contribution in [1.82, 2.24) is 0 Å². The van der Waals surface area contributed by atoms with Gasteiger partial charge >= 0.3 is 0 Å². The molecule has 0 aromatic carbocycles. The Morgan fingerprint density at radius 1 is 1.89 bits per heavy atom. The van der Waals surface area contributed by atoms with Gasteiger partial charge in [0.2, 0.25) is 0 Å². The Balaban J connectivity index is 3.20. The number of hydrogen-bond donors (Lipinski definition) is 0. The molecule has 0 atom stereocenters. The van der Waals surface area contributed by atoms with Gasteiger partial charge in [-0.15, -0.1) is 0 Å². The van der Waals surface area contributed by atoms with Crippen molar-refractivity contribution in [2.45, 2.75) is 6.92 Å². The second kappa shape index (κ2) is 5.63. The molecule has 9 heavy (non-hydrogen) atoms. The second-order valence-corrected chi connectivity index (χ2v) is 1.74. The molecule has 0 bridgehead atoms. The Bertz CT molecular complexity index is 116. The summed E-state index contributed by atoms with van der Waals surface area (Å²) in [4.78, 5) is 4.69. The van der Waals surface area contributed by atoms with Gasteiger partial charge in [-0.2, -0.15) is 0 Å². The van der Waals surface area contributed by atoms with Gasteiger partial charge in [0.05, 0.1) is 5.71 Å². The van der Waals surface area contributed by atoms with Crippen LogP contribution in [0.2, 0.25) is 0 Å². The molecule has 2 nitrogen and oxygen atoms in total. The van der Waals surface area contributed by atoms with Gasteiger partial charge in [0.25, 0.3) is 0 Å². The van der Waals surface area contributed by atoms with Crippen molar-refractivity contribution in [2.75, 3.05) is 6.61 Å². The van der Waals surface area contributed by atoms with Crippen LogP contribution in [0.4, 0.5) is 0 Å². The maximum atomic E-state index is 5.19. The van der Waals surface area contributed by atoms with Crippen LogP contribution in [0.3, 0.4) is 0 Å². The van der Waals surface area contributed by atoms with Gasteiger partial charge in [0.15, 0.2) is 0 Å². The highest BCUT2D eigenvalue weighted by molar-refractivity contribution is 6.25. The highest BCUT2D eigenvalue weighted by atomic mass is 35.5. The van der Waals surface area contributed by atoms with Gasteiger partial charge in [0.1, 0.15) is 6.61 Å². The fourth-order valence-electron chi connectivity index (χ4n) is 0.227. The summed E-state index contributed by atoms with van der Waals surface area (Å²) in [5.74, 6) is 0. The zero-order valence-electron chi connectivity index (χ0n) is 5.30. The standard InChI is InChI=1S/C6H9ClNO/c1-6(2)8-9-5-3-4-7/h3-4H,1,5H2,2H3/b4-3+,8-6?. The van der Waals surface area contributed by atoms with E-state index in [0.717, 1.165) is 0 Å². The Morgan fingerprint density at radius 3 is 3.00 bits per heavy atom. The lowest BCUT2D eigenvalue weighted by molar-refractivity contribution is 0.175. The molecule has 0 aliphatic heterocycles. The molecule has 0 aromatic heterocycles. The van der Waals surface area contributed by atoms with Gasteiger partial charge in [-0.3, -0.25) is 0 Å². The van der Waals surface area contributed by atoms with Crippen LogP contribution in [0.5, 0.6) is 0 Å². The number of oxime groups is 1. The van der Waals surface area contributed by atoms with Gasteiger partial charge in [-0.05, 0) is 19.9 Å². The summed E-state index contributed by atoms with van der Waals surface area (Å²) in [5, 5.41) is 3.56. The largest absolute Gasteiger partial charge is 0.392 e. The minimum Gasteiger partial charge on any atom is -0.392 e. The van der Waals surface area contributed by atoms with Crippen molar-refractivity contribution in [3.05, 3.63) is 18.5 Å². The molecule has 0 saturated carbocycles. The van der Waals surface area contributed by atoms with Crippen LogP contribution < -0.4 is 0 Å². The molecule has 0 N–H and O–H groups in total. The molecule has 0 aliphatic rings. The van der Waals surface area contributed by atoms with Crippen LogP contribution in [-0.4, -0.2) is 12.3 Å². The number of halogens is 1. The molecule has 3 heteroatoms. The number of rotatable bonds is 3. The minimum atomic E-state index is 0.399. The van der Waals surface area contributed by atoms with Crippen LogP contribution >= 0.6 is 11.6 Å². The summed E-state index contributed by atoms with van der Waals surface area (Å²) in [6, 6.07) is 0. The molecule has 0 fully saturated rings. The van der Waals surface area contributed by atoms with E-state index >= 15 is 0 Å². The lowest BCUT2D eigenvalue weighted by Crippen LogP contribution is -1.86.